The number of hydrogen-bond donors (Lipinski definition) is 2. The molecule has 0 spiro atoms. The van der Waals surface area contributed by atoms with Gasteiger partial charge in [0.15, 0.2) is 0 Å². The molecule has 0 aliphatic rings. The van der Waals surface area contributed by atoms with Crippen LogP contribution < -0.4 is 9.91 Å². The fourth-order valence-corrected chi connectivity index (χ4v) is 8.57. The van der Waals surface area contributed by atoms with Gasteiger partial charge in [0.2, 0.25) is 0 Å². The maximum absolute atomic E-state index is 15.8. The molecule has 0 aliphatic heterocycles. The van der Waals surface area contributed by atoms with Crippen molar-refractivity contribution in [3.8, 4) is 0 Å². The van der Waals surface area contributed by atoms with Crippen molar-refractivity contribution >= 4 is 46.5 Å². The van der Waals surface area contributed by atoms with Crippen molar-refractivity contribution in [2.75, 3.05) is 0 Å². The van der Waals surface area contributed by atoms with Gasteiger partial charge < -0.3 is 9.66 Å². The van der Waals surface area contributed by atoms with E-state index in [1.807, 2.05) is 0 Å². The third-order valence-corrected chi connectivity index (χ3v) is 13.2. The molecule has 1 aromatic heterocycles. The lowest BCUT2D eigenvalue weighted by atomic mass is 9.94. The first-order valence-corrected chi connectivity index (χ1v) is 14.1. The number of rotatable bonds is 9. The average molecular weight is 496 g/mol. The molecule has 0 fully saturated rings. The minimum atomic E-state index is -2.09. The maximum atomic E-state index is 15.8. The van der Waals surface area contributed by atoms with Gasteiger partial charge in [-0.05, 0) is 54.9 Å². The van der Waals surface area contributed by atoms with Crippen LogP contribution in [0.2, 0.25) is 18.1 Å². The summed E-state index contributed by atoms with van der Waals surface area (Å²) in [7, 11) is -2.09. The number of pyridine rings is 1. The predicted molar refractivity (Wildman–Crippen MR) is 119 cm³/mol. The molecule has 160 valence electrons. The van der Waals surface area contributed by atoms with Crippen LogP contribution >= 0.6 is 15.9 Å². The summed E-state index contributed by atoms with van der Waals surface area (Å²) in [5, 5.41) is 10.1. The van der Waals surface area contributed by atoms with Crippen LogP contribution in [0.4, 0.5) is 4.39 Å². The van der Waals surface area contributed by atoms with E-state index >= 15 is 4.39 Å². The smallest absolute Gasteiger partial charge is 0.305 e. The van der Waals surface area contributed by atoms with Crippen LogP contribution in [0, 0.1) is 5.82 Å². The molecule has 2 atom stereocenters. The molecular weight excluding hydrogens is 463 g/mol. The van der Waals surface area contributed by atoms with Gasteiger partial charge in [0, 0.05) is 11.4 Å². The molecule has 0 saturated heterocycles. The highest BCUT2D eigenvalue weighted by molar-refractivity contribution is 9.10. The van der Waals surface area contributed by atoms with Crippen LogP contribution in [0.3, 0.4) is 0 Å². The number of halogens is 2. The second-order valence-electron chi connectivity index (χ2n) is 8.38. The first-order chi connectivity index (χ1) is 12.8. The molecule has 2 N–H and O–H groups in total. The van der Waals surface area contributed by atoms with Crippen LogP contribution in [0.25, 0.3) is 0 Å². The van der Waals surface area contributed by atoms with Gasteiger partial charge in [-0.15, -0.1) is 4.72 Å². The Morgan fingerprint density at radius 3 is 2.18 bits per heavy atom. The van der Waals surface area contributed by atoms with Crippen LogP contribution in [-0.4, -0.2) is 33.4 Å². The Kier molecular flexibility index (Phi) is 8.72. The Bertz CT molecular complexity index is 705. The molecule has 1 heterocycles. The Balaban J connectivity index is 3.69. The molecule has 9 heteroatoms. The number of nitrogens with one attached hydrogen (secondary N) is 1. The molecule has 28 heavy (non-hydrogen) atoms. The van der Waals surface area contributed by atoms with E-state index in [2.05, 4.69) is 46.4 Å². The quantitative estimate of drug-likeness (QED) is 0.301. The highest BCUT2D eigenvalue weighted by Crippen LogP contribution is 2.32. The maximum Gasteiger partial charge on any atom is 0.305 e. The van der Waals surface area contributed by atoms with Gasteiger partial charge >= 0.3 is 5.97 Å². The Morgan fingerprint density at radius 1 is 1.29 bits per heavy atom. The van der Waals surface area contributed by atoms with Crippen LogP contribution in [0.5, 0.6) is 0 Å². The zero-order valence-electron chi connectivity index (χ0n) is 17.8. The van der Waals surface area contributed by atoms with E-state index < -0.39 is 47.9 Å². The van der Waals surface area contributed by atoms with E-state index in [1.54, 1.807) is 33.8 Å². The van der Waals surface area contributed by atoms with Gasteiger partial charge in [0.1, 0.15) is 26.4 Å². The normalized spacial score (nSPS) is 15.9. The zero-order valence-corrected chi connectivity index (χ0v) is 21.2. The standard InChI is InChI=1S/C19H32BrFN2O3SSi/c1-8-28(9-2,10-3)13-11-14(20)22-17(16(13)21)19(7,12-15(24)25)23-27(26)18(4,5)6/h11,23H,8-10,12H2,1-7H3,(H,24,25). The molecule has 5 nitrogen and oxygen atoms in total. The second-order valence-corrected chi connectivity index (χ2v) is 16.4. The van der Waals surface area contributed by atoms with Crippen molar-refractivity contribution in [2.45, 2.75) is 83.3 Å². The number of carboxylic acid groups (broad SMARTS) is 1. The lowest BCUT2D eigenvalue weighted by Gasteiger charge is -2.35. The van der Waals surface area contributed by atoms with E-state index in [1.165, 1.54) is 0 Å². The molecule has 1 aromatic rings. The SMILES string of the molecule is CC[Si](CC)(CC)c1cc(Br)nc(C(C)(CC(=O)O)N[S+]([O-])C(C)(C)C)c1F. The largest absolute Gasteiger partial charge is 0.598 e. The van der Waals surface area contributed by atoms with Gasteiger partial charge in [-0.25, -0.2) is 9.37 Å². The van der Waals surface area contributed by atoms with Gasteiger partial charge in [0.25, 0.3) is 0 Å². The molecular formula is C19H32BrFN2O3SSi. The summed E-state index contributed by atoms with van der Waals surface area (Å²) in [6.45, 7) is 13.1. The number of hydrogen-bond acceptors (Lipinski definition) is 4. The Morgan fingerprint density at radius 2 is 1.79 bits per heavy atom. The van der Waals surface area contributed by atoms with Gasteiger partial charge in [-0.2, -0.15) is 0 Å². The first-order valence-electron chi connectivity index (χ1n) is 9.54. The molecule has 0 radical (unpaired) electrons. The van der Waals surface area contributed by atoms with E-state index in [-0.39, 0.29) is 5.69 Å². The van der Waals surface area contributed by atoms with Crippen molar-refractivity contribution in [3.05, 3.63) is 22.2 Å². The van der Waals surface area contributed by atoms with E-state index in [0.717, 1.165) is 18.1 Å². The summed E-state index contributed by atoms with van der Waals surface area (Å²) in [5.41, 5.74) is -1.41. The third-order valence-electron chi connectivity index (χ3n) is 5.43. The van der Waals surface area contributed by atoms with Crippen molar-refractivity contribution < 1.29 is 18.8 Å². The lowest BCUT2D eigenvalue weighted by molar-refractivity contribution is -0.138. The minimum Gasteiger partial charge on any atom is -0.598 e. The summed E-state index contributed by atoms with van der Waals surface area (Å²) < 4.78 is 31.2. The molecule has 0 aliphatic carbocycles. The molecule has 1 rings (SSSR count). The van der Waals surface area contributed by atoms with Gasteiger partial charge in [-0.3, -0.25) is 4.79 Å². The number of carboxylic acids is 1. The predicted octanol–water partition coefficient (Wildman–Crippen LogP) is 4.44. The lowest BCUT2D eigenvalue weighted by Crippen LogP contribution is -2.54. The summed E-state index contributed by atoms with van der Waals surface area (Å²) in [5.74, 6) is -1.59. The second kappa shape index (κ2) is 9.55. The van der Waals surface area contributed by atoms with Crippen LogP contribution in [0.15, 0.2) is 10.7 Å². The monoisotopic (exact) mass is 494 g/mol. The fraction of sp³-hybridized carbons (Fsp3) is 0.684. The molecule has 0 aromatic carbocycles. The molecule has 0 saturated carbocycles. The number of aromatic nitrogens is 1. The van der Waals surface area contributed by atoms with Crippen LogP contribution in [-0.2, 0) is 21.7 Å². The van der Waals surface area contributed by atoms with Crippen molar-refractivity contribution in [2.24, 2.45) is 0 Å². The molecule has 0 amide bonds. The highest BCUT2D eigenvalue weighted by atomic mass is 79.9. The Hall–Kier alpha value is -0.483. The zero-order chi connectivity index (χ0) is 21.9. The summed E-state index contributed by atoms with van der Waals surface area (Å²) in [6, 6.07) is 4.38. The minimum absolute atomic E-state index is 0.00380. The highest BCUT2D eigenvalue weighted by Gasteiger charge is 2.44. The Labute approximate surface area is 180 Å². The topological polar surface area (TPSA) is 85.3 Å². The fourth-order valence-electron chi connectivity index (χ4n) is 3.40. The number of nitrogens with zero attached hydrogens (tertiary/aromatic N) is 1. The molecule has 2 unspecified atom stereocenters. The third kappa shape index (κ3) is 5.56. The summed E-state index contributed by atoms with van der Waals surface area (Å²) in [6.07, 6.45) is -0.437. The van der Waals surface area contributed by atoms with Crippen molar-refractivity contribution in [1.82, 2.24) is 9.71 Å². The summed E-state index contributed by atoms with van der Waals surface area (Å²) >= 11 is 1.79. The van der Waals surface area contributed by atoms with Crippen LogP contribution in [0.1, 0.15) is 60.6 Å². The van der Waals surface area contributed by atoms with Gasteiger partial charge in [-0.1, -0.05) is 38.9 Å². The van der Waals surface area contributed by atoms with E-state index in [4.69, 9.17) is 0 Å². The van der Waals surface area contributed by atoms with Crippen molar-refractivity contribution in [3.63, 3.8) is 0 Å². The number of aliphatic carboxylic acids is 1. The van der Waals surface area contributed by atoms with E-state index in [0.29, 0.717) is 9.79 Å². The van der Waals surface area contributed by atoms with E-state index in [9.17, 15) is 14.5 Å². The molecule has 0 bridgehead atoms. The number of carbonyl (C=O) groups is 1. The average Bonchev–Trinajstić information content (AvgIpc) is 2.57. The first kappa shape index (κ1) is 25.6. The summed E-state index contributed by atoms with van der Waals surface area (Å²) in [4.78, 5) is 15.9. The van der Waals surface area contributed by atoms with Crippen molar-refractivity contribution in [1.29, 1.82) is 0 Å². The van der Waals surface area contributed by atoms with Gasteiger partial charge in [0.05, 0.1) is 14.5 Å².